The molecule has 0 unspecified atom stereocenters. The van der Waals surface area contributed by atoms with Crippen molar-refractivity contribution >= 4 is 63.3 Å². The third-order valence-corrected chi connectivity index (χ3v) is 7.69. The Morgan fingerprint density at radius 1 is 0.639 bits per heavy atom. The summed E-state index contributed by atoms with van der Waals surface area (Å²) in [6, 6.07) is 10.1. The summed E-state index contributed by atoms with van der Waals surface area (Å²) in [6.45, 7) is 0. The smallest absolute Gasteiger partial charge is 0.296 e. The Balaban J connectivity index is 2.01. The number of rotatable bonds is 5. The van der Waals surface area contributed by atoms with Gasteiger partial charge in [0.05, 0.1) is 16.0 Å². The number of aromatic hydroxyl groups is 2. The van der Waals surface area contributed by atoms with E-state index in [0.29, 0.717) is 12.1 Å². The molecule has 0 fully saturated rings. The normalized spacial score (nSPS) is 13.1. The van der Waals surface area contributed by atoms with Gasteiger partial charge in [-0.15, -0.1) is 10.2 Å². The molecule has 0 radical (unpaired) electrons. The Bertz CT molecular complexity index is 1930. The van der Waals surface area contributed by atoms with Crippen molar-refractivity contribution in [2.75, 3.05) is 0 Å². The molecule has 0 atom stereocenters. The van der Waals surface area contributed by atoms with Crippen molar-refractivity contribution < 1.29 is 49.1 Å². The SMILES string of the molecule is O=S(=O)(O)c1cc(O)c2c(O)c(N=Nc3ccc(S(=O)(=O)O)c4ccccc34)c(S(=O)(=O)O)cc2c1. The molecule has 4 aromatic rings. The molecule has 0 amide bonds. The number of hydrogen-bond acceptors (Lipinski definition) is 10. The topological polar surface area (TPSA) is 228 Å². The molecule has 4 aromatic carbocycles. The minimum absolute atomic E-state index is 0.0234. The molecule has 0 saturated carbocycles. The highest BCUT2D eigenvalue weighted by molar-refractivity contribution is 7.86. The van der Waals surface area contributed by atoms with E-state index < -0.39 is 67.6 Å². The highest BCUT2D eigenvalue weighted by Gasteiger charge is 2.25. The lowest BCUT2D eigenvalue weighted by atomic mass is 10.1. The van der Waals surface area contributed by atoms with Gasteiger partial charge in [-0.05, 0) is 29.7 Å². The monoisotopic (exact) mass is 554 g/mol. The number of fused-ring (bicyclic) bond motifs is 2. The molecule has 0 aromatic heterocycles. The largest absolute Gasteiger partial charge is 0.507 e. The molecule has 0 spiro atoms. The van der Waals surface area contributed by atoms with Crippen LogP contribution in [-0.4, -0.2) is 49.1 Å². The minimum atomic E-state index is -5.10. The summed E-state index contributed by atoms with van der Waals surface area (Å²) in [5.41, 5.74) is -0.854. The molecule has 16 heteroatoms. The third kappa shape index (κ3) is 4.60. The third-order valence-electron chi connectivity index (χ3n) is 5.08. The van der Waals surface area contributed by atoms with Crippen molar-refractivity contribution in [3.05, 3.63) is 54.6 Å². The highest BCUT2D eigenvalue weighted by atomic mass is 32.2. The van der Waals surface area contributed by atoms with Gasteiger partial charge in [-0.3, -0.25) is 13.7 Å². The first kappa shape index (κ1) is 25.4. The van der Waals surface area contributed by atoms with E-state index in [1.54, 1.807) is 0 Å². The lowest BCUT2D eigenvalue weighted by Crippen LogP contribution is -2.01. The summed E-state index contributed by atoms with van der Waals surface area (Å²) in [7, 11) is -14.5. The lowest BCUT2D eigenvalue weighted by molar-refractivity contribution is 0.457. The second-order valence-electron chi connectivity index (χ2n) is 7.37. The maximum absolute atomic E-state index is 12.0. The standard InChI is InChI=1S/C20H14N2O11S3/c23-15-9-11(34(25,26)27)7-10-8-17(36(31,32)33)19(20(24)18(10)15)22-21-14-5-6-16(35(28,29)30)13-4-2-1-3-12(13)14/h1-9,23-24H,(H,25,26,27)(H,28,29,30)(H,31,32,33). The Morgan fingerprint density at radius 2 is 1.25 bits per heavy atom. The van der Waals surface area contributed by atoms with Crippen LogP contribution in [0, 0.1) is 0 Å². The van der Waals surface area contributed by atoms with Crippen molar-refractivity contribution in [2.24, 2.45) is 10.2 Å². The van der Waals surface area contributed by atoms with Gasteiger partial charge in [-0.1, -0.05) is 24.3 Å². The van der Waals surface area contributed by atoms with Crippen LogP contribution in [0.2, 0.25) is 0 Å². The number of phenolic OH excluding ortho intramolecular Hbond substituents is 2. The molecule has 0 aliphatic carbocycles. The lowest BCUT2D eigenvalue weighted by Gasteiger charge is -2.11. The predicted octanol–water partition coefficient (Wildman–Crippen LogP) is 3.56. The van der Waals surface area contributed by atoms with Crippen molar-refractivity contribution in [3.63, 3.8) is 0 Å². The van der Waals surface area contributed by atoms with E-state index in [2.05, 4.69) is 10.2 Å². The minimum Gasteiger partial charge on any atom is -0.507 e. The summed E-state index contributed by atoms with van der Waals surface area (Å²) in [5.74, 6) is -1.86. The molecule has 4 rings (SSSR count). The second kappa shape index (κ2) is 8.47. The van der Waals surface area contributed by atoms with E-state index in [1.165, 1.54) is 24.3 Å². The van der Waals surface area contributed by atoms with E-state index in [0.717, 1.165) is 18.2 Å². The molecule has 188 valence electrons. The quantitative estimate of drug-likeness (QED) is 0.177. The zero-order chi connectivity index (χ0) is 26.6. The molecule has 0 bridgehead atoms. The summed E-state index contributed by atoms with van der Waals surface area (Å²) in [4.78, 5) is -2.25. The van der Waals surface area contributed by atoms with Crippen molar-refractivity contribution in [1.29, 1.82) is 0 Å². The number of phenols is 2. The Hall–Kier alpha value is -3.67. The predicted molar refractivity (Wildman–Crippen MR) is 125 cm³/mol. The second-order valence-corrected chi connectivity index (χ2v) is 11.6. The molecule has 0 saturated heterocycles. The molecule has 0 aliphatic heterocycles. The first-order valence-electron chi connectivity index (χ1n) is 9.47. The maximum Gasteiger partial charge on any atom is 0.296 e. The summed E-state index contributed by atoms with van der Waals surface area (Å²) in [5, 5.41) is 27.9. The van der Waals surface area contributed by atoms with Gasteiger partial charge in [-0.2, -0.15) is 25.3 Å². The number of benzene rings is 4. The Labute approximate surface area is 203 Å². The summed E-state index contributed by atoms with van der Waals surface area (Å²) < 4.78 is 98.6. The number of hydrogen-bond donors (Lipinski definition) is 5. The van der Waals surface area contributed by atoms with Crippen molar-refractivity contribution in [3.8, 4) is 11.5 Å². The van der Waals surface area contributed by atoms with Crippen LogP contribution >= 0.6 is 0 Å². The molecule has 0 heterocycles. The van der Waals surface area contributed by atoms with Gasteiger partial charge >= 0.3 is 0 Å². The average molecular weight is 555 g/mol. The molecular weight excluding hydrogens is 540 g/mol. The van der Waals surface area contributed by atoms with Crippen molar-refractivity contribution in [1.82, 2.24) is 0 Å². The number of nitrogens with zero attached hydrogens (tertiary/aromatic N) is 2. The Kier molecular flexibility index (Phi) is 5.98. The van der Waals surface area contributed by atoms with Crippen LogP contribution in [0.5, 0.6) is 11.5 Å². The van der Waals surface area contributed by atoms with Crippen LogP contribution < -0.4 is 0 Å². The van der Waals surface area contributed by atoms with E-state index >= 15 is 0 Å². The zero-order valence-corrected chi connectivity index (χ0v) is 20.0. The first-order valence-corrected chi connectivity index (χ1v) is 13.8. The number of azo groups is 1. The summed E-state index contributed by atoms with van der Waals surface area (Å²) in [6.07, 6.45) is 0. The van der Waals surface area contributed by atoms with Crippen LogP contribution in [0.3, 0.4) is 0 Å². The van der Waals surface area contributed by atoms with Crippen LogP contribution in [0.4, 0.5) is 11.4 Å². The molecule has 5 N–H and O–H groups in total. The van der Waals surface area contributed by atoms with Crippen LogP contribution in [-0.2, 0) is 30.4 Å². The van der Waals surface area contributed by atoms with Gasteiger partial charge in [0.1, 0.15) is 21.2 Å². The molecule has 36 heavy (non-hydrogen) atoms. The first-order chi connectivity index (χ1) is 16.6. The van der Waals surface area contributed by atoms with Crippen molar-refractivity contribution in [2.45, 2.75) is 14.7 Å². The fraction of sp³-hybridized carbons (Fsp3) is 0. The zero-order valence-electron chi connectivity index (χ0n) is 17.5. The van der Waals surface area contributed by atoms with Gasteiger partial charge in [0, 0.05) is 16.8 Å². The van der Waals surface area contributed by atoms with E-state index in [4.69, 9.17) is 0 Å². The molecule has 0 aliphatic rings. The fourth-order valence-electron chi connectivity index (χ4n) is 3.55. The van der Waals surface area contributed by atoms with Crippen LogP contribution in [0.25, 0.3) is 21.5 Å². The fourth-order valence-corrected chi connectivity index (χ4v) is 5.44. The summed E-state index contributed by atoms with van der Waals surface area (Å²) >= 11 is 0. The van der Waals surface area contributed by atoms with Gasteiger partial charge in [-0.25, -0.2) is 0 Å². The maximum atomic E-state index is 12.0. The Morgan fingerprint density at radius 3 is 1.83 bits per heavy atom. The van der Waals surface area contributed by atoms with Gasteiger partial charge < -0.3 is 10.2 Å². The van der Waals surface area contributed by atoms with E-state index in [-0.39, 0.29) is 21.8 Å². The van der Waals surface area contributed by atoms with Gasteiger partial charge in [0.2, 0.25) is 0 Å². The molecular formula is C20H14N2O11S3. The van der Waals surface area contributed by atoms with E-state index in [9.17, 15) is 49.1 Å². The van der Waals surface area contributed by atoms with E-state index in [1.807, 2.05) is 0 Å². The van der Waals surface area contributed by atoms with Crippen LogP contribution in [0.15, 0.2) is 79.5 Å². The van der Waals surface area contributed by atoms with Crippen LogP contribution in [0.1, 0.15) is 0 Å². The van der Waals surface area contributed by atoms with Gasteiger partial charge in [0.25, 0.3) is 30.4 Å². The average Bonchev–Trinajstić information content (AvgIpc) is 2.75. The highest BCUT2D eigenvalue weighted by Crippen LogP contribution is 2.45. The molecule has 13 nitrogen and oxygen atoms in total. The van der Waals surface area contributed by atoms with Gasteiger partial charge in [0.15, 0.2) is 5.75 Å².